The molecule has 3 heteroatoms. The highest BCUT2D eigenvalue weighted by Crippen LogP contribution is 2.36. The van der Waals surface area contributed by atoms with Crippen LogP contribution in [0, 0.1) is 11.8 Å². The maximum absolute atomic E-state index is 10.8. The molecule has 1 saturated heterocycles. The van der Waals surface area contributed by atoms with Crippen LogP contribution in [-0.4, -0.2) is 48.9 Å². The van der Waals surface area contributed by atoms with Gasteiger partial charge in [0.2, 0.25) is 5.91 Å². The normalized spacial score (nSPS) is 30.5. The predicted octanol–water partition coefficient (Wildman–Crippen LogP) is 1.44. The summed E-state index contributed by atoms with van der Waals surface area (Å²) in [5.41, 5.74) is 0. The molecule has 1 aliphatic heterocycles. The van der Waals surface area contributed by atoms with Crippen LogP contribution in [0.2, 0.25) is 0 Å². The lowest BCUT2D eigenvalue weighted by Crippen LogP contribution is -2.46. The second-order valence-corrected chi connectivity index (χ2v) is 5.00. The SMILES string of the molecule is CC(=O)N1CCN(C)CC1.CC1CC1C. The molecule has 15 heavy (non-hydrogen) atoms. The van der Waals surface area contributed by atoms with Gasteiger partial charge < -0.3 is 9.80 Å². The first kappa shape index (κ1) is 12.5. The molecule has 1 amide bonds. The molecule has 0 N–H and O–H groups in total. The lowest BCUT2D eigenvalue weighted by Gasteiger charge is -2.31. The Morgan fingerprint density at radius 2 is 1.47 bits per heavy atom. The van der Waals surface area contributed by atoms with Crippen LogP contribution in [0.3, 0.4) is 0 Å². The zero-order valence-corrected chi connectivity index (χ0v) is 10.5. The van der Waals surface area contributed by atoms with Crippen LogP contribution in [0.5, 0.6) is 0 Å². The molecule has 0 bridgehead atoms. The van der Waals surface area contributed by atoms with Crippen molar-refractivity contribution in [2.75, 3.05) is 33.2 Å². The molecule has 2 unspecified atom stereocenters. The van der Waals surface area contributed by atoms with Crippen LogP contribution < -0.4 is 0 Å². The van der Waals surface area contributed by atoms with E-state index >= 15 is 0 Å². The van der Waals surface area contributed by atoms with Crippen molar-refractivity contribution in [1.29, 1.82) is 0 Å². The summed E-state index contributed by atoms with van der Waals surface area (Å²) < 4.78 is 0. The van der Waals surface area contributed by atoms with Crippen LogP contribution in [0.1, 0.15) is 27.2 Å². The fourth-order valence-corrected chi connectivity index (χ4v) is 1.63. The molecule has 1 saturated carbocycles. The number of hydrogen-bond acceptors (Lipinski definition) is 2. The molecule has 2 aliphatic rings. The number of carbonyl (C=O) groups is 1. The lowest BCUT2D eigenvalue weighted by molar-refractivity contribution is -0.130. The molecular weight excluding hydrogens is 188 g/mol. The molecular formula is C12H24N2O. The minimum atomic E-state index is 0.202. The highest BCUT2D eigenvalue weighted by molar-refractivity contribution is 5.73. The second kappa shape index (κ2) is 5.50. The summed E-state index contributed by atoms with van der Waals surface area (Å²) in [7, 11) is 2.08. The Hall–Kier alpha value is -0.570. The van der Waals surface area contributed by atoms with Gasteiger partial charge in [0.1, 0.15) is 0 Å². The Morgan fingerprint density at radius 3 is 1.73 bits per heavy atom. The van der Waals surface area contributed by atoms with Gasteiger partial charge in [0.15, 0.2) is 0 Å². The Balaban J connectivity index is 0.000000187. The van der Waals surface area contributed by atoms with Crippen LogP contribution in [0.4, 0.5) is 0 Å². The summed E-state index contributed by atoms with van der Waals surface area (Å²) in [6, 6.07) is 0. The van der Waals surface area contributed by atoms with E-state index in [1.165, 1.54) is 6.42 Å². The van der Waals surface area contributed by atoms with Crippen molar-refractivity contribution in [3.05, 3.63) is 0 Å². The molecule has 1 aliphatic carbocycles. The van der Waals surface area contributed by atoms with Crippen molar-refractivity contribution in [3.8, 4) is 0 Å². The van der Waals surface area contributed by atoms with Gasteiger partial charge in [-0.2, -0.15) is 0 Å². The summed E-state index contributed by atoms with van der Waals surface area (Å²) in [4.78, 5) is 14.9. The third-order valence-electron chi connectivity index (χ3n) is 3.46. The molecule has 88 valence electrons. The molecule has 2 rings (SSSR count). The van der Waals surface area contributed by atoms with E-state index < -0.39 is 0 Å². The first-order valence-electron chi connectivity index (χ1n) is 5.94. The number of hydrogen-bond donors (Lipinski definition) is 0. The molecule has 0 aromatic rings. The Morgan fingerprint density at radius 1 is 1.07 bits per heavy atom. The average molecular weight is 212 g/mol. The molecule has 2 fully saturated rings. The van der Waals surface area contributed by atoms with E-state index in [0.717, 1.165) is 38.0 Å². The first-order chi connectivity index (χ1) is 7.00. The van der Waals surface area contributed by atoms with Gasteiger partial charge in [0.05, 0.1) is 0 Å². The Labute approximate surface area is 93.4 Å². The Kier molecular flexibility index (Phi) is 4.58. The molecule has 0 aromatic carbocycles. The second-order valence-electron chi connectivity index (χ2n) is 5.00. The molecule has 2 atom stereocenters. The van der Waals surface area contributed by atoms with Crippen LogP contribution in [0.15, 0.2) is 0 Å². The first-order valence-corrected chi connectivity index (χ1v) is 5.94. The van der Waals surface area contributed by atoms with Gasteiger partial charge in [-0.05, 0) is 25.3 Å². The van der Waals surface area contributed by atoms with Gasteiger partial charge in [-0.3, -0.25) is 4.79 Å². The summed E-state index contributed by atoms with van der Waals surface area (Å²) in [5.74, 6) is 2.30. The standard InChI is InChI=1S/C7H14N2O.C5H10/c1-7(10)9-5-3-8(2)4-6-9;1-4-3-5(4)2/h3-6H2,1-2H3;4-5H,3H2,1-2H3. The monoisotopic (exact) mass is 212 g/mol. The van der Waals surface area contributed by atoms with Crippen molar-refractivity contribution in [1.82, 2.24) is 9.80 Å². The van der Waals surface area contributed by atoms with Crippen LogP contribution in [-0.2, 0) is 4.79 Å². The maximum atomic E-state index is 10.8. The van der Waals surface area contributed by atoms with Crippen LogP contribution in [0.25, 0.3) is 0 Å². The van der Waals surface area contributed by atoms with E-state index in [1.54, 1.807) is 6.92 Å². The van der Waals surface area contributed by atoms with Gasteiger partial charge >= 0.3 is 0 Å². The zero-order chi connectivity index (χ0) is 11.4. The Bertz CT molecular complexity index is 204. The van der Waals surface area contributed by atoms with E-state index in [2.05, 4.69) is 25.8 Å². The summed E-state index contributed by atoms with van der Waals surface area (Å²) in [6.07, 6.45) is 1.47. The van der Waals surface area contributed by atoms with Crippen molar-refractivity contribution in [3.63, 3.8) is 0 Å². The third kappa shape index (κ3) is 4.65. The lowest BCUT2D eigenvalue weighted by atomic mass is 10.3. The van der Waals surface area contributed by atoms with Crippen molar-refractivity contribution < 1.29 is 4.79 Å². The highest BCUT2D eigenvalue weighted by atomic mass is 16.2. The minimum Gasteiger partial charge on any atom is -0.340 e. The van der Waals surface area contributed by atoms with Crippen LogP contribution >= 0.6 is 0 Å². The van der Waals surface area contributed by atoms with Crippen molar-refractivity contribution >= 4 is 5.91 Å². The molecule has 0 radical (unpaired) electrons. The summed E-state index contributed by atoms with van der Waals surface area (Å²) >= 11 is 0. The molecule has 0 spiro atoms. The summed E-state index contributed by atoms with van der Waals surface area (Å²) in [5, 5.41) is 0. The van der Waals surface area contributed by atoms with Gasteiger partial charge in [-0.25, -0.2) is 0 Å². The number of amides is 1. The number of carbonyl (C=O) groups excluding carboxylic acids is 1. The van der Waals surface area contributed by atoms with Crippen molar-refractivity contribution in [2.45, 2.75) is 27.2 Å². The number of piperazine rings is 1. The maximum Gasteiger partial charge on any atom is 0.219 e. The smallest absolute Gasteiger partial charge is 0.219 e. The van der Waals surface area contributed by atoms with E-state index in [4.69, 9.17) is 0 Å². The number of rotatable bonds is 0. The van der Waals surface area contributed by atoms with E-state index in [0.29, 0.717) is 0 Å². The molecule has 1 heterocycles. The van der Waals surface area contributed by atoms with E-state index in [-0.39, 0.29) is 5.91 Å². The third-order valence-corrected chi connectivity index (χ3v) is 3.46. The average Bonchev–Trinajstić information content (AvgIpc) is 2.81. The molecule has 3 nitrogen and oxygen atoms in total. The zero-order valence-electron chi connectivity index (χ0n) is 10.5. The van der Waals surface area contributed by atoms with Crippen molar-refractivity contribution in [2.24, 2.45) is 11.8 Å². The van der Waals surface area contributed by atoms with Gasteiger partial charge in [0.25, 0.3) is 0 Å². The minimum absolute atomic E-state index is 0.202. The van der Waals surface area contributed by atoms with E-state index in [9.17, 15) is 4.79 Å². The summed E-state index contributed by atoms with van der Waals surface area (Å²) in [6.45, 7) is 10.0. The number of likely N-dealkylation sites (N-methyl/N-ethyl adjacent to an activating group) is 1. The predicted molar refractivity (Wildman–Crippen MR) is 62.7 cm³/mol. The highest BCUT2D eigenvalue weighted by Gasteiger charge is 2.26. The van der Waals surface area contributed by atoms with Gasteiger partial charge in [-0.1, -0.05) is 13.8 Å². The van der Waals surface area contributed by atoms with Gasteiger partial charge in [-0.15, -0.1) is 0 Å². The molecule has 0 aromatic heterocycles. The fourth-order valence-electron chi connectivity index (χ4n) is 1.63. The quantitative estimate of drug-likeness (QED) is 0.606. The fraction of sp³-hybridized carbons (Fsp3) is 0.917. The topological polar surface area (TPSA) is 23.6 Å². The van der Waals surface area contributed by atoms with E-state index in [1.807, 2.05) is 4.90 Å². The number of nitrogens with zero attached hydrogens (tertiary/aromatic N) is 2. The largest absolute Gasteiger partial charge is 0.340 e. The van der Waals surface area contributed by atoms with Gasteiger partial charge in [0, 0.05) is 33.1 Å².